The van der Waals surface area contributed by atoms with Crippen molar-refractivity contribution in [3.63, 3.8) is 0 Å². The summed E-state index contributed by atoms with van der Waals surface area (Å²) < 4.78 is 39.2. The molecule has 2 heterocycles. The van der Waals surface area contributed by atoms with Crippen LogP contribution in [0.2, 0.25) is 0 Å². The minimum absolute atomic E-state index is 0.150. The standard InChI is InChI=1S/C16H21F3N4O2/c1-10(24)23-9-11(4-5-14(23)16(17,18)19)21-15(25)12-8-20-7-6-13(12)22(2)3/h6-8,11,14H,4-5,9H2,1-3H3,(H,21,25). The second-order valence-electron chi connectivity index (χ2n) is 6.26. The average Bonchev–Trinajstić information content (AvgIpc) is 2.53. The number of anilines is 1. The molecule has 0 aliphatic carbocycles. The third-order valence-corrected chi connectivity index (χ3v) is 4.22. The summed E-state index contributed by atoms with van der Waals surface area (Å²) in [5.74, 6) is -1.08. The first-order chi connectivity index (χ1) is 11.6. The molecule has 0 radical (unpaired) electrons. The average molecular weight is 358 g/mol. The van der Waals surface area contributed by atoms with Crippen molar-refractivity contribution >= 4 is 17.5 Å². The molecule has 1 saturated heterocycles. The number of rotatable bonds is 3. The molecule has 0 saturated carbocycles. The molecule has 0 aromatic carbocycles. The summed E-state index contributed by atoms with van der Waals surface area (Å²) >= 11 is 0. The second-order valence-corrected chi connectivity index (χ2v) is 6.26. The summed E-state index contributed by atoms with van der Waals surface area (Å²) in [5.41, 5.74) is 0.986. The molecule has 1 aliphatic rings. The van der Waals surface area contributed by atoms with Gasteiger partial charge in [-0.2, -0.15) is 13.2 Å². The van der Waals surface area contributed by atoms with Crippen molar-refractivity contribution in [1.82, 2.24) is 15.2 Å². The van der Waals surface area contributed by atoms with Gasteiger partial charge in [0.15, 0.2) is 0 Å². The van der Waals surface area contributed by atoms with Crippen LogP contribution < -0.4 is 10.2 Å². The molecule has 1 N–H and O–H groups in total. The Morgan fingerprint density at radius 3 is 2.56 bits per heavy atom. The molecule has 0 spiro atoms. The van der Waals surface area contributed by atoms with Crippen molar-refractivity contribution in [1.29, 1.82) is 0 Å². The third-order valence-electron chi connectivity index (χ3n) is 4.22. The largest absolute Gasteiger partial charge is 0.408 e. The fraction of sp³-hybridized carbons (Fsp3) is 0.562. The molecule has 1 aliphatic heterocycles. The summed E-state index contributed by atoms with van der Waals surface area (Å²) in [5, 5.41) is 2.72. The van der Waals surface area contributed by atoms with Gasteiger partial charge in [0.05, 0.1) is 11.3 Å². The van der Waals surface area contributed by atoms with Gasteiger partial charge in [0, 0.05) is 46.0 Å². The van der Waals surface area contributed by atoms with Gasteiger partial charge in [-0.3, -0.25) is 14.6 Å². The number of alkyl halides is 3. The highest BCUT2D eigenvalue weighted by atomic mass is 19.4. The van der Waals surface area contributed by atoms with Gasteiger partial charge in [0.1, 0.15) is 6.04 Å². The van der Waals surface area contributed by atoms with Gasteiger partial charge in [0.25, 0.3) is 5.91 Å². The van der Waals surface area contributed by atoms with Gasteiger partial charge in [-0.1, -0.05) is 0 Å². The van der Waals surface area contributed by atoms with Crippen LogP contribution in [0.15, 0.2) is 18.5 Å². The van der Waals surface area contributed by atoms with Crippen molar-refractivity contribution < 1.29 is 22.8 Å². The summed E-state index contributed by atoms with van der Waals surface area (Å²) in [4.78, 5) is 30.5. The number of carbonyl (C=O) groups excluding carboxylic acids is 2. The summed E-state index contributed by atoms with van der Waals surface area (Å²) in [7, 11) is 3.55. The van der Waals surface area contributed by atoms with Crippen LogP contribution in [0.25, 0.3) is 0 Å². The molecule has 1 fully saturated rings. The van der Waals surface area contributed by atoms with Crippen LogP contribution in [0.1, 0.15) is 30.1 Å². The quantitative estimate of drug-likeness (QED) is 0.895. The third kappa shape index (κ3) is 4.40. The van der Waals surface area contributed by atoms with Gasteiger partial charge >= 0.3 is 6.18 Å². The van der Waals surface area contributed by atoms with Crippen LogP contribution >= 0.6 is 0 Å². The summed E-state index contributed by atoms with van der Waals surface area (Å²) in [6, 6.07) is -0.656. The van der Waals surface area contributed by atoms with Gasteiger partial charge in [-0.25, -0.2) is 0 Å². The molecule has 1 aromatic heterocycles. The van der Waals surface area contributed by atoms with Crippen molar-refractivity contribution in [3.05, 3.63) is 24.0 Å². The number of hydrogen-bond donors (Lipinski definition) is 1. The molecular weight excluding hydrogens is 337 g/mol. The molecule has 138 valence electrons. The minimum Gasteiger partial charge on any atom is -0.377 e. The second kappa shape index (κ2) is 7.28. The van der Waals surface area contributed by atoms with Crippen molar-refractivity contribution in [2.24, 2.45) is 0 Å². The smallest absolute Gasteiger partial charge is 0.377 e. The number of amides is 2. The number of piperidine rings is 1. The lowest BCUT2D eigenvalue weighted by Gasteiger charge is -2.40. The van der Waals surface area contributed by atoms with E-state index in [2.05, 4.69) is 10.3 Å². The highest BCUT2D eigenvalue weighted by molar-refractivity contribution is 5.99. The van der Waals surface area contributed by atoms with E-state index < -0.39 is 30.1 Å². The van der Waals surface area contributed by atoms with Crippen LogP contribution in [0.4, 0.5) is 18.9 Å². The maximum Gasteiger partial charge on any atom is 0.408 e. The molecular formula is C16H21F3N4O2. The van der Waals surface area contributed by atoms with Crippen LogP contribution in [0.5, 0.6) is 0 Å². The number of likely N-dealkylation sites (tertiary alicyclic amines) is 1. The van der Waals surface area contributed by atoms with Crippen LogP contribution in [0, 0.1) is 0 Å². The maximum atomic E-state index is 13.1. The minimum atomic E-state index is -4.47. The molecule has 2 unspecified atom stereocenters. The predicted molar refractivity (Wildman–Crippen MR) is 86.3 cm³/mol. The number of hydrogen-bond acceptors (Lipinski definition) is 4. The van der Waals surface area contributed by atoms with E-state index in [0.29, 0.717) is 11.3 Å². The maximum absolute atomic E-state index is 13.1. The predicted octanol–water partition coefficient (Wildman–Crippen LogP) is 1.82. The lowest BCUT2D eigenvalue weighted by atomic mass is 9.97. The molecule has 9 heteroatoms. The van der Waals surface area contributed by atoms with E-state index in [1.165, 1.54) is 6.20 Å². The SMILES string of the molecule is CC(=O)N1CC(NC(=O)c2cnccc2N(C)C)CCC1C(F)(F)F. The van der Waals surface area contributed by atoms with E-state index in [4.69, 9.17) is 0 Å². The Morgan fingerprint density at radius 1 is 1.32 bits per heavy atom. The fourth-order valence-corrected chi connectivity index (χ4v) is 2.99. The monoisotopic (exact) mass is 358 g/mol. The zero-order chi connectivity index (χ0) is 18.8. The Kier molecular flexibility index (Phi) is 5.54. The van der Waals surface area contributed by atoms with E-state index >= 15 is 0 Å². The molecule has 6 nitrogen and oxygen atoms in total. The molecule has 2 atom stereocenters. The van der Waals surface area contributed by atoms with E-state index in [-0.39, 0.29) is 19.4 Å². The zero-order valence-electron chi connectivity index (χ0n) is 14.3. The number of halogens is 3. The summed E-state index contributed by atoms with van der Waals surface area (Å²) in [6.45, 7) is 0.941. The topological polar surface area (TPSA) is 65.5 Å². The normalized spacial score (nSPS) is 21.0. The highest BCUT2D eigenvalue weighted by Crippen LogP contribution is 2.32. The number of pyridine rings is 1. The van der Waals surface area contributed by atoms with Gasteiger partial charge in [-0.15, -0.1) is 0 Å². The Bertz CT molecular complexity index is 649. The van der Waals surface area contributed by atoms with Gasteiger partial charge in [-0.05, 0) is 18.9 Å². The Hall–Kier alpha value is -2.32. The molecule has 0 bridgehead atoms. The van der Waals surface area contributed by atoms with Crippen molar-refractivity contribution in [2.75, 3.05) is 25.5 Å². The lowest BCUT2D eigenvalue weighted by molar-refractivity contribution is -0.196. The van der Waals surface area contributed by atoms with E-state index in [1.54, 1.807) is 31.3 Å². The van der Waals surface area contributed by atoms with Gasteiger partial charge < -0.3 is 15.1 Å². The first-order valence-corrected chi connectivity index (χ1v) is 7.87. The lowest BCUT2D eigenvalue weighted by Crippen LogP contribution is -2.57. The molecule has 1 aromatic rings. The van der Waals surface area contributed by atoms with Crippen LogP contribution in [-0.4, -0.2) is 60.6 Å². The Morgan fingerprint density at radius 2 is 2.00 bits per heavy atom. The van der Waals surface area contributed by atoms with E-state index in [9.17, 15) is 22.8 Å². The van der Waals surface area contributed by atoms with Gasteiger partial charge in [0.2, 0.25) is 5.91 Å². The molecule has 2 rings (SSSR count). The number of aromatic nitrogens is 1. The fourth-order valence-electron chi connectivity index (χ4n) is 2.99. The van der Waals surface area contributed by atoms with Crippen LogP contribution in [0.3, 0.4) is 0 Å². The zero-order valence-corrected chi connectivity index (χ0v) is 14.3. The molecule has 2 amide bonds. The first kappa shape index (κ1) is 19.0. The number of nitrogens with zero attached hydrogens (tertiary/aromatic N) is 3. The Labute approximate surface area is 144 Å². The molecule has 25 heavy (non-hydrogen) atoms. The highest BCUT2D eigenvalue weighted by Gasteiger charge is 2.47. The van der Waals surface area contributed by atoms with Crippen molar-refractivity contribution in [2.45, 2.75) is 38.0 Å². The first-order valence-electron chi connectivity index (χ1n) is 7.87. The van der Waals surface area contributed by atoms with Crippen LogP contribution in [-0.2, 0) is 4.79 Å². The van der Waals surface area contributed by atoms with E-state index in [0.717, 1.165) is 11.8 Å². The number of carbonyl (C=O) groups is 2. The Balaban J connectivity index is 2.12. The number of nitrogens with one attached hydrogen (secondary N) is 1. The van der Waals surface area contributed by atoms with Crippen molar-refractivity contribution in [3.8, 4) is 0 Å². The summed E-state index contributed by atoms with van der Waals surface area (Å²) in [6.07, 6.45) is -1.59. The van der Waals surface area contributed by atoms with E-state index in [1.807, 2.05) is 0 Å².